The van der Waals surface area contributed by atoms with Crippen LogP contribution in [0.3, 0.4) is 0 Å². The fourth-order valence-electron chi connectivity index (χ4n) is 3.19. The quantitative estimate of drug-likeness (QED) is 0.617. The van der Waals surface area contributed by atoms with Gasteiger partial charge in [0.05, 0.1) is 22.5 Å². The van der Waals surface area contributed by atoms with Gasteiger partial charge < -0.3 is 9.30 Å². The number of hydrogen-bond acceptors (Lipinski definition) is 5. The molecule has 0 bridgehead atoms. The molecule has 0 fully saturated rings. The lowest BCUT2D eigenvalue weighted by Crippen LogP contribution is -2.23. The van der Waals surface area contributed by atoms with Gasteiger partial charge in [-0.2, -0.15) is 10.1 Å². The standard InChI is InChI=1S/C20H24N4O3S/c1-6-24-16(10-14(5)22-24)19(26)21-20-23(11-17(25)27-7-2)15-9-12(3)8-13(4)18(15)28-20/h8-10H,6-7,11H2,1-5H3. The fraction of sp³-hybridized carbons (Fsp3) is 0.400. The zero-order valence-electron chi connectivity index (χ0n) is 16.8. The van der Waals surface area contributed by atoms with E-state index in [9.17, 15) is 9.59 Å². The summed E-state index contributed by atoms with van der Waals surface area (Å²) in [6.45, 7) is 10.5. The number of esters is 1. The number of aryl methyl sites for hydroxylation is 4. The van der Waals surface area contributed by atoms with E-state index in [2.05, 4.69) is 16.2 Å². The van der Waals surface area contributed by atoms with Crippen LogP contribution in [0.2, 0.25) is 0 Å². The zero-order valence-corrected chi connectivity index (χ0v) is 17.6. The van der Waals surface area contributed by atoms with Crippen molar-refractivity contribution in [3.63, 3.8) is 0 Å². The highest BCUT2D eigenvalue weighted by Gasteiger charge is 2.16. The molecule has 0 radical (unpaired) electrons. The average molecular weight is 401 g/mol. The lowest BCUT2D eigenvalue weighted by Gasteiger charge is -2.06. The molecule has 148 valence electrons. The van der Waals surface area contributed by atoms with Crippen molar-refractivity contribution in [2.24, 2.45) is 4.99 Å². The minimum Gasteiger partial charge on any atom is -0.465 e. The van der Waals surface area contributed by atoms with E-state index in [4.69, 9.17) is 4.74 Å². The highest BCUT2D eigenvalue weighted by molar-refractivity contribution is 7.16. The Labute approximate surface area is 167 Å². The second kappa shape index (κ2) is 8.10. The number of hydrogen-bond donors (Lipinski definition) is 0. The van der Waals surface area contributed by atoms with E-state index >= 15 is 0 Å². The van der Waals surface area contributed by atoms with Gasteiger partial charge in [-0.3, -0.25) is 14.3 Å². The smallest absolute Gasteiger partial charge is 0.326 e. The number of carbonyl (C=O) groups excluding carboxylic acids is 2. The molecular weight excluding hydrogens is 376 g/mol. The van der Waals surface area contributed by atoms with Gasteiger partial charge in [-0.15, -0.1) is 0 Å². The molecule has 0 aliphatic carbocycles. The number of thiazole rings is 1. The maximum Gasteiger partial charge on any atom is 0.326 e. The number of nitrogens with zero attached hydrogens (tertiary/aromatic N) is 4. The van der Waals surface area contributed by atoms with Crippen LogP contribution >= 0.6 is 11.3 Å². The molecule has 0 N–H and O–H groups in total. The number of carbonyl (C=O) groups is 2. The summed E-state index contributed by atoms with van der Waals surface area (Å²) < 4.78 is 9.51. The van der Waals surface area contributed by atoms with Crippen molar-refractivity contribution in [2.75, 3.05) is 6.61 Å². The average Bonchev–Trinajstić information content (AvgIpc) is 3.16. The third-order valence-electron chi connectivity index (χ3n) is 4.32. The van der Waals surface area contributed by atoms with E-state index < -0.39 is 0 Å². The van der Waals surface area contributed by atoms with Gasteiger partial charge in [-0.1, -0.05) is 17.4 Å². The highest BCUT2D eigenvalue weighted by atomic mass is 32.1. The Hall–Kier alpha value is -2.74. The normalized spacial score (nSPS) is 12.0. The third-order valence-corrected chi connectivity index (χ3v) is 5.55. The molecule has 3 rings (SSSR count). The summed E-state index contributed by atoms with van der Waals surface area (Å²) in [5.74, 6) is -0.731. The molecule has 2 aromatic heterocycles. The maximum absolute atomic E-state index is 12.8. The summed E-state index contributed by atoms with van der Waals surface area (Å²) in [5.41, 5.74) is 4.25. The van der Waals surface area contributed by atoms with Crippen LogP contribution in [0.5, 0.6) is 0 Å². The van der Waals surface area contributed by atoms with Crippen LogP contribution < -0.4 is 4.80 Å². The SMILES string of the molecule is CCOC(=O)Cn1c(=NC(=O)c2cc(C)nn2CC)sc2c(C)cc(C)cc21. The second-order valence-electron chi connectivity index (χ2n) is 6.61. The van der Waals surface area contributed by atoms with Gasteiger partial charge >= 0.3 is 5.97 Å². The third kappa shape index (κ3) is 3.91. The van der Waals surface area contributed by atoms with Crippen LogP contribution in [0.15, 0.2) is 23.2 Å². The number of rotatable bonds is 5. The molecule has 0 saturated carbocycles. The summed E-state index contributed by atoms with van der Waals surface area (Å²) in [5, 5.41) is 4.31. The lowest BCUT2D eigenvalue weighted by molar-refractivity contribution is -0.143. The molecule has 28 heavy (non-hydrogen) atoms. The molecule has 0 aliphatic heterocycles. The van der Waals surface area contributed by atoms with E-state index in [1.54, 1.807) is 22.2 Å². The highest BCUT2D eigenvalue weighted by Crippen LogP contribution is 2.23. The lowest BCUT2D eigenvalue weighted by atomic mass is 10.1. The molecule has 7 nitrogen and oxygen atoms in total. The molecule has 0 aliphatic rings. The summed E-state index contributed by atoms with van der Waals surface area (Å²) in [4.78, 5) is 29.8. The molecule has 1 amide bonds. The monoisotopic (exact) mass is 400 g/mol. The summed E-state index contributed by atoms with van der Waals surface area (Å²) in [6, 6.07) is 5.81. The van der Waals surface area contributed by atoms with E-state index in [1.165, 1.54) is 11.3 Å². The van der Waals surface area contributed by atoms with Crippen LogP contribution in [-0.2, 0) is 22.6 Å². The van der Waals surface area contributed by atoms with Gasteiger partial charge in [0.1, 0.15) is 12.2 Å². The first-order valence-corrected chi connectivity index (χ1v) is 10.0. The molecule has 0 unspecified atom stereocenters. The van der Waals surface area contributed by atoms with E-state index in [0.717, 1.165) is 27.0 Å². The van der Waals surface area contributed by atoms with Crippen molar-refractivity contribution in [1.82, 2.24) is 14.3 Å². The Balaban J connectivity index is 2.18. The van der Waals surface area contributed by atoms with Crippen molar-refractivity contribution in [1.29, 1.82) is 0 Å². The van der Waals surface area contributed by atoms with Crippen LogP contribution in [-0.4, -0.2) is 32.8 Å². The Morgan fingerprint density at radius 3 is 2.61 bits per heavy atom. The van der Waals surface area contributed by atoms with Crippen LogP contribution in [0.25, 0.3) is 10.2 Å². The Morgan fingerprint density at radius 2 is 1.93 bits per heavy atom. The van der Waals surface area contributed by atoms with E-state index in [-0.39, 0.29) is 18.4 Å². The van der Waals surface area contributed by atoms with Crippen molar-refractivity contribution < 1.29 is 14.3 Å². The van der Waals surface area contributed by atoms with Crippen molar-refractivity contribution in [3.8, 4) is 0 Å². The van der Waals surface area contributed by atoms with Gasteiger partial charge in [0, 0.05) is 6.54 Å². The van der Waals surface area contributed by atoms with Gasteiger partial charge in [0.15, 0.2) is 4.80 Å². The summed E-state index contributed by atoms with van der Waals surface area (Å²) in [7, 11) is 0. The molecular formula is C20H24N4O3S. The number of aromatic nitrogens is 3. The minimum atomic E-state index is -0.374. The first-order valence-electron chi connectivity index (χ1n) is 9.23. The maximum atomic E-state index is 12.8. The largest absolute Gasteiger partial charge is 0.465 e. The van der Waals surface area contributed by atoms with Crippen molar-refractivity contribution in [2.45, 2.75) is 47.7 Å². The van der Waals surface area contributed by atoms with Gasteiger partial charge in [-0.05, 0) is 57.9 Å². The zero-order chi connectivity index (χ0) is 20.4. The van der Waals surface area contributed by atoms with E-state index in [1.807, 2.05) is 33.8 Å². The second-order valence-corrected chi connectivity index (χ2v) is 7.59. The molecule has 8 heteroatoms. The molecule has 2 heterocycles. The number of amides is 1. The first kappa shape index (κ1) is 20.0. The Bertz CT molecular complexity index is 1120. The van der Waals surface area contributed by atoms with Gasteiger partial charge in [-0.25, -0.2) is 0 Å². The number of ether oxygens (including phenoxy) is 1. The predicted octanol–water partition coefficient (Wildman–Crippen LogP) is 3.15. The Kier molecular flexibility index (Phi) is 5.79. The minimum absolute atomic E-state index is 0.00884. The molecule has 3 aromatic rings. The first-order chi connectivity index (χ1) is 13.3. The van der Waals surface area contributed by atoms with Crippen LogP contribution in [0.4, 0.5) is 0 Å². The molecule has 1 aromatic carbocycles. The number of benzene rings is 1. The molecule has 0 saturated heterocycles. The van der Waals surface area contributed by atoms with Crippen LogP contribution in [0, 0.1) is 20.8 Å². The topological polar surface area (TPSA) is 78.5 Å². The number of fused-ring (bicyclic) bond motifs is 1. The summed E-state index contributed by atoms with van der Waals surface area (Å²) in [6.07, 6.45) is 0. The van der Waals surface area contributed by atoms with Crippen molar-refractivity contribution in [3.05, 3.63) is 45.5 Å². The summed E-state index contributed by atoms with van der Waals surface area (Å²) >= 11 is 1.40. The van der Waals surface area contributed by atoms with Crippen LogP contribution in [0.1, 0.15) is 41.2 Å². The Morgan fingerprint density at radius 1 is 1.18 bits per heavy atom. The molecule has 0 spiro atoms. The van der Waals surface area contributed by atoms with E-state index in [0.29, 0.717) is 23.6 Å². The predicted molar refractivity (Wildman–Crippen MR) is 108 cm³/mol. The van der Waals surface area contributed by atoms with Crippen molar-refractivity contribution >= 4 is 33.4 Å². The van der Waals surface area contributed by atoms with Gasteiger partial charge in [0.25, 0.3) is 5.91 Å². The molecule has 0 atom stereocenters. The fourth-order valence-corrected chi connectivity index (χ4v) is 4.27. The van der Waals surface area contributed by atoms with Gasteiger partial charge in [0.2, 0.25) is 0 Å².